The van der Waals surface area contributed by atoms with E-state index in [0.29, 0.717) is 36.8 Å². The molecular formula is C36H51N7O. The van der Waals surface area contributed by atoms with Crippen molar-refractivity contribution < 1.29 is 4.79 Å². The average Bonchev–Trinajstić information content (AvgIpc) is 3.15. The van der Waals surface area contributed by atoms with Gasteiger partial charge >= 0.3 is 0 Å². The summed E-state index contributed by atoms with van der Waals surface area (Å²) in [5, 5.41) is 22.4. The lowest BCUT2D eigenvalue weighted by Crippen LogP contribution is -2.46. The Morgan fingerprint density at radius 2 is 1.66 bits per heavy atom. The number of nitrogens with two attached hydrogens (primary N) is 1. The molecule has 1 amide bonds. The van der Waals surface area contributed by atoms with Gasteiger partial charge in [0.1, 0.15) is 11.9 Å². The molecule has 0 bridgehead atoms. The third kappa shape index (κ3) is 7.89. The van der Waals surface area contributed by atoms with E-state index in [9.17, 15) is 10.1 Å². The lowest BCUT2D eigenvalue weighted by Gasteiger charge is -2.37. The summed E-state index contributed by atoms with van der Waals surface area (Å²) in [6.07, 6.45) is 4.01. The molecule has 0 spiro atoms. The normalized spacial score (nSPS) is 17.4. The fraction of sp³-hybridized carbons (Fsp3) is 0.472. The highest BCUT2D eigenvalue weighted by atomic mass is 16.1. The maximum atomic E-state index is 12.6. The number of benzene rings is 2. The highest BCUT2D eigenvalue weighted by Gasteiger charge is 2.43. The van der Waals surface area contributed by atoms with E-state index >= 15 is 0 Å². The van der Waals surface area contributed by atoms with E-state index in [0.717, 1.165) is 59.3 Å². The summed E-state index contributed by atoms with van der Waals surface area (Å²) in [6, 6.07) is 14.5. The number of hydrogen-bond acceptors (Lipinski definition) is 6. The van der Waals surface area contributed by atoms with Crippen molar-refractivity contribution in [1.29, 1.82) is 5.26 Å². The van der Waals surface area contributed by atoms with E-state index in [4.69, 9.17) is 10.7 Å². The van der Waals surface area contributed by atoms with Crippen LogP contribution in [0.2, 0.25) is 0 Å². The Bertz CT molecular complexity index is 1350. The highest BCUT2D eigenvalue weighted by molar-refractivity contribution is 5.98. The van der Waals surface area contributed by atoms with Crippen LogP contribution in [0.5, 0.6) is 0 Å². The Morgan fingerprint density at radius 1 is 1.05 bits per heavy atom. The summed E-state index contributed by atoms with van der Waals surface area (Å²) < 4.78 is 0. The van der Waals surface area contributed by atoms with Gasteiger partial charge < -0.3 is 27.0 Å². The Kier molecular flexibility index (Phi) is 12.2. The smallest absolute Gasteiger partial charge is 0.251 e. The lowest BCUT2D eigenvalue weighted by atomic mass is 9.68. The predicted molar refractivity (Wildman–Crippen MR) is 183 cm³/mol. The molecule has 0 fully saturated rings. The third-order valence-corrected chi connectivity index (χ3v) is 8.65. The van der Waals surface area contributed by atoms with E-state index in [1.54, 1.807) is 7.05 Å². The van der Waals surface area contributed by atoms with Crippen LogP contribution in [0.3, 0.4) is 0 Å². The molecule has 236 valence electrons. The number of carbonyl (C=O) groups is 1. The number of rotatable bonds is 15. The molecule has 0 radical (unpaired) electrons. The summed E-state index contributed by atoms with van der Waals surface area (Å²) in [6.45, 7) is 17.9. The number of amidine groups is 1. The van der Waals surface area contributed by atoms with Gasteiger partial charge in [-0.25, -0.2) is 0 Å². The minimum atomic E-state index is -0.723. The van der Waals surface area contributed by atoms with Crippen molar-refractivity contribution in [2.45, 2.75) is 77.3 Å². The van der Waals surface area contributed by atoms with Crippen molar-refractivity contribution >= 4 is 17.4 Å². The molecule has 8 nitrogen and oxygen atoms in total. The fourth-order valence-electron chi connectivity index (χ4n) is 6.05. The summed E-state index contributed by atoms with van der Waals surface area (Å²) in [7, 11) is 3.52. The molecule has 3 rings (SSSR count). The quantitative estimate of drug-likeness (QED) is 0.114. The Hall–Kier alpha value is -4.09. The Morgan fingerprint density at radius 3 is 2.20 bits per heavy atom. The van der Waals surface area contributed by atoms with Gasteiger partial charge in [0.05, 0.1) is 11.5 Å². The standard InChI is InChI=1S/C36H51N7O/c1-9-24(4)18-31(21-37)43-25(5)22-41-17-16-36(35(38)42-23(2)3)32-14-12-27(26(6)39-7)19-28(32)10-11-29-20-30(34(44)40-8)13-15-33(29)36/h12-15,19-20,23-24,31,39,41,43H,5-6,9-11,16-18,22H2,1-4,7-8H3,(H2,38,42)(H,40,44)/t24-,31?,36?/m0/s1. The van der Waals surface area contributed by atoms with E-state index in [2.05, 4.69) is 78.6 Å². The van der Waals surface area contributed by atoms with Gasteiger partial charge in [-0.05, 0) is 98.0 Å². The average molecular weight is 598 g/mol. The molecule has 8 heteroatoms. The molecule has 44 heavy (non-hydrogen) atoms. The van der Waals surface area contributed by atoms with Crippen molar-refractivity contribution in [2.24, 2.45) is 16.6 Å². The van der Waals surface area contributed by atoms with Gasteiger partial charge in [-0.1, -0.05) is 51.6 Å². The van der Waals surface area contributed by atoms with Gasteiger partial charge in [0.2, 0.25) is 0 Å². The van der Waals surface area contributed by atoms with E-state index in [1.165, 1.54) is 5.56 Å². The second kappa shape index (κ2) is 15.6. The summed E-state index contributed by atoms with van der Waals surface area (Å²) in [5.41, 5.74) is 14.1. The second-order valence-corrected chi connectivity index (χ2v) is 12.2. The largest absolute Gasteiger partial charge is 0.388 e. The van der Waals surface area contributed by atoms with Crippen molar-refractivity contribution in [3.63, 3.8) is 0 Å². The van der Waals surface area contributed by atoms with Gasteiger partial charge in [0, 0.05) is 43.6 Å². The number of nitriles is 1. The van der Waals surface area contributed by atoms with Gasteiger partial charge in [-0.15, -0.1) is 0 Å². The summed E-state index contributed by atoms with van der Waals surface area (Å²) >= 11 is 0. The molecule has 3 atom stereocenters. The van der Waals surface area contributed by atoms with Crippen LogP contribution in [0.25, 0.3) is 5.70 Å². The van der Waals surface area contributed by atoms with Crippen LogP contribution in [0.1, 0.15) is 85.1 Å². The number of fused-ring (bicyclic) bond motifs is 2. The third-order valence-electron chi connectivity index (χ3n) is 8.65. The first-order valence-corrected chi connectivity index (χ1v) is 15.7. The molecule has 0 saturated carbocycles. The number of aliphatic imine (C=N–C) groups is 1. The first-order chi connectivity index (χ1) is 21.0. The van der Waals surface area contributed by atoms with Crippen molar-refractivity contribution in [1.82, 2.24) is 21.3 Å². The van der Waals surface area contributed by atoms with Crippen molar-refractivity contribution in [2.75, 3.05) is 27.2 Å². The topological polar surface area (TPSA) is 127 Å². The monoisotopic (exact) mass is 597 g/mol. The molecule has 1 aliphatic rings. The molecule has 2 aromatic rings. The summed E-state index contributed by atoms with van der Waals surface area (Å²) in [4.78, 5) is 17.6. The van der Waals surface area contributed by atoms with Gasteiger partial charge in [0.15, 0.2) is 0 Å². The SMILES string of the molecule is C=C(CNCCC1(C(N)=NC(C)C)c2ccc(C(=C)NC)cc2CCc2cc(C(=O)NC)ccc21)NC(C#N)C[C@@H](C)CC. The minimum absolute atomic E-state index is 0.000812. The van der Waals surface area contributed by atoms with Crippen LogP contribution in [0, 0.1) is 17.2 Å². The van der Waals surface area contributed by atoms with Crippen LogP contribution in [-0.2, 0) is 18.3 Å². The summed E-state index contributed by atoms with van der Waals surface area (Å²) in [5.74, 6) is 0.899. The number of amides is 1. The number of nitrogens with zero attached hydrogens (tertiary/aromatic N) is 2. The molecular weight excluding hydrogens is 546 g/mol. The molecule has 1 aliphatic carbocycles. The van der Waals surface area contributed by atoms with Crippen LogP contribution >= 0.6 is 0 Å². The Labute approximate surface area is 264 Å². The van der Waals surface area contributed by atoms with Crippen LogP contribution in [0.15, 0.2) is 60.2 Å². The highest BCUT2D eigenvalue weighted by Crippen LogP contribution is 2.43. The van der Waals surface area contributed by atoms with Crippen molar-refractivity contribution in [3.05, 3.63) is 88.6 Å². The van der Waals surface area contributed by atoms with Gasteiger partial charge in [-0.3, -0.25) is 9.79 Å². The zero-order valence-corrected chi connectivity index (χ0v) is 27.4. The molecule has 2 unspecified atom stereocenters. The number of nitrogens with one attached hydrogen (secondary N) is 4. The minimum Gasteiger partial charge on any atom is -0.388 e. The molecule has 2 aromatic carbocycles. The van der Waals surface area contributed by atoms with E-state index in [-0.39, 0.29) is 18.0 Å². The zero-order chi connectivity index (χ0) is 32.4. The zero-order valence-electron chi connectivity index (χ0n) is 27.4. The molecule has 0 aromatic heterocycles. The number of carbonyl (C=O) groups excluding carboxylic acids is 1. The second-order valence-electron chi connectivity index (χ2n) is 12.2. The molecule has 6 N–H and O–H groups in total. The number of aryl methyl sites for hydroxylation is 2. The molecule has 0 aliphatic heterocycles. The fourth-order valence-corrected chi connectivity index (χ4v) is 6.05. The van der Waals surface area contributed by atoms with E-state index < -0.39 is 5.41 Å². The van der Waals surface area contributed by atoms with Crippen LogP contribution in [-0.4, -0.2) is 51.0 Å². The van der Waals surface area contributed by atoms with Gasteiger partial charge in [-0.2, -0.15) is 5.26 Å². The van der Waals surface area contributed by atoms with Crippen LogP contribution < -0.4 is 27.0 Å². The van der Waals surface area contributed by atoms with Crippen LogP contribution in [0.4, 0.5) is 0 Å². The first-order valence-electron chi connectivity index (χ1n) is 15.7. The Balaban J connectivity index is 2.05. The molecule has 0 heterocycles. The van der Waals surface area contributed by atoms with Crippen molar-refractivity contribution in [3.8, 4) is 6.07 Å². The molecule has 0 saturated heterocycles. The number of hydrogen-bond donors (Lipinski definition) is 5. The lowest BCUT2D eigenvalue weighted by molar-refractivity contribution is 0.0963. The van der Waals surface area contributed by atoms with E-state index in [1.807, 2.05) is 33.0 Å². The maximum absolute atomic E-state index is 12.6. The first kappa shape index (κ1) is 34.4. The maximum Gasteiger partial charge on any atom is 0.251 e. The van der Waals surface area contributed by atoms with Gasteiger partial charge in [0.25, 0.3) is 5.91 Å². The predicted octanol–water partition coefficient (Wildman–Crippen LogP) is 4.80.